The SMILES string of the molecule is Cc1ccc(NC(=O)NCC2CCCCS2)cc1C(=O)O. The molecule has 1 aromatic carbocycles. The molecular formula is C15H20N2O3S. The quantitative estimate of drug-likeness (QED) is 0.798. The molecule has 1 atom stereocenters. The van der Waals surface area contributed by atoms with Gasteiger partial charge in [-0.15, -0.1) is 0 Å². The number of aryl methyl sites for hydroxylation is 1. The van der Waals surface area contributed by atoms with Gasteiger partial charge < -0.3 is 15.7 Å². The fourth-order valence-electron chi connectivity index (χ4n) is 2.28. The van der Waals surface area contributed by atoms with Gasteiger partial charge in [0, 0.05) is 17.5 Å². The molecule has 1 saturated heterocycles. The summed E-state index contributed by atoms with van der Waals surface area (Å²) >= 11 is 1.90. The van der Waals surface area contributed by atoms with Crippen molar-refractivity contribution in [3.63, 3.8) is 0 Å². The van der Waals surface area contributed by atoms with Crippen molar-refractivity contribution in [3.05, 3.63) is 29.3 Å². The van der Waals surface area contributed by atoms with Crippen molar-refractivity contribution >= 4 is 29.4 Å². The molecule has 0 aliphatic carbocycles. The molecule has 21 heavy (non-hydrogen) atoms. The summed E-state index contributed by atoms with van der Waals surface area (Å²) in [7, 11) is 0. The summed E-state index contributed by atoms with van der Waals surface area (Å²) in [6, 6.07) is 4.58. The Morgan fingerprint density at radius 3 is 2.86 bits per heavy atom. The van der Waals surface area contributed by atoms with Gasteiger partial charge in [-0.3, -0.25) is 0 Å². The molecule has 1 aliphatic heterocycles. The highest BCUT2D eigenvalue weighted by molar-refractivity contribution is 7.99. The molecule has 0 radical (unpaired) electrons. The number of carboxylic acid groups (broad SMARTS) is 1. The highest BCUT2D eigenvalue weighted by atomic mass is 32.2. The molecule has 0 spiro atoms. The van der Waals surface area contributed by atoms with Crippen LogP contribution >= 0.6 is 11.8 Å². The number of carboxylic acids is 1. The molecule has 1 aliphatic rings. The Morgan fingerprint density at radius 1 is 1.38 bits per heavy atom. The molecule has 1 unspecified atom stereocenters. The van der Waals surface area contributed by atoms with Gasteiger partial charge in [0.1, 0.15) is 0 Å². The number of nitrogens with one attached hydrogen (secondary N) is 2. The fourth-order valence-corrected chi connectivity index (χ4v) is 3.52. The van der Waals surface area contributed by atoms with Crippen LogP contribution in [-0.4, -0.2) is 34.7 Å². The molecule has 3 N–H and O–H groups in total. The average Bonchev–Trinajstić information content (AvgIpc) is 2.48. The number of carbonyl (C=O) groups is 2. The fraction of sp³-hybridized carbons (Fsp3) is 0.467. The van der Waals surface area contributed by atoms with Crippen LogP contribution in [0, 0.1) is 6.92 Å². The second-order valence-electron chi connectivity index (χ2n) is 5.16. The van der Waals surface area contributed by atoms with Crippen molar-refractivity contribution in [2.45, 2.75) is 31.4 Å². The number of hydrogen-bond acceptors (Lipinski definition) is 3. The zero-order chi connectivity index (χ0) is 15.2. The monoisotopic (exact) mass is 308 g/mol. The summed E-state index contributed by atoms with van der Waals surface area (Å²) in [6.07, 6.45) is 3.62. The molecule has 1 aromatic rings. The topological polar surface area (TPSA) is 78.4 Å². The molecule has 1 heterocycles. The van der Waals surface area contributed by atoms with E-state index in [-0.39, 0.29) is 11.6 Å². The van der Waals surface area contributed by atoms with Crippen LogP contribution in [-0.2, 0) is 0 Å². The highest BCUT2D eigenvalue weighted by Crippen LogP contribution is 2.24. The third kappa shape index (κ3) is 4.67. The van der Waals surface area contributed by atoms with Crippen molar-refractivity contribution in [1.82, 2.24) is 5.32 Å². The maximum atomic E-state index is 11.8. The van der Waals surface area contributed by atoms with E-state index in [0.29, 0.717) is 23.0 Å². The lowest BCUT2D eigenvalue weighted by Gasteiger charge is -2.21. The van der Waals surface area contributed by atoms with E-state index in [1.165, 1.54) is 18.9 Å². The zero-order valence-corrected chi connectivity index (χ0v) is 12.8. The van der Waals surface area contributed by atoms with Gasteiger partial charge in [0.2, 0.25) is 0 Å². The van der Waals surface area contributed by atoms with Crippen LogP contribution in [0.1, 0.15) is 35.2 Å². The first-order chi connectivity index (χ1) is 10.1. The Balaban J connectivity index is 1.87. The minimum atomic E-state index is -0.991. The summed E-state index contributed by atoms with van der Waals surface area (Å²) in [5.41, 5.74) is 1.37. The summed E-state index contributed by atoms with van der Waals surface area (Å²) in [5, 5.41) is 15.1. The normalized spacial score (nSPS) is 18.0. The van der Waals surface area contributed by atoms with E-state index in [9.17, 15) is 9.59 Å². The maximum Gasteiger partial charge on any atom is 0.336 e. The summed E-state index contributed by atoms with van der Waals surface area (Å²) in [5.74, 6) is 0.170. The Labute approximate surface area is 128 Å². The minimum Gasteiger partial charge on any atom is -0.478 e. The number of benzene rings is 1. The van der Waals surface area contributed by atoms with Crippen molar-refractivity contribution in [3.8, 4) is 0 Å². The van der Waals surface area contributed by atoms with Crippen LogP contribution in [0.2, 0.25) is 0 Å². The molecule has 6 heteroatoms. The first-order valence-electron chi connectivity index (χ1n) is 7.06. The van der Waals surface area contributed by atoms with E-state index in [1.807, 2.05) is 11.8 Å². The first-order valence-corrected chi connectivity index (χ1v) is 8.11. The number of thioether (sulfide) groups is 1. The lowest BCUT2D eigenvalue weighted by atomic mass is 10.1. The number of anilines is 1. The van der Waals surface area contributed by atoms with E-state index >= 15 is 0 Å². The number of hydrogen-bond donors (Lipinski definition) is 3. The Morgan fingerprint density at radius 2 is 2.19 bits per heavy atom. The lowest BCUT2D eigenvalue weighted by Crippen LogP contribution is -2.35. The first kappa shape index (κ1) is 15.7. The van der Waals surface area contributed by atoms with Crippen LogP contribution < -0.4 is 10.6 Å². The highest BCUT2D eigenvalue weighted by Gasteiger charge is 2.15. The standard InChI is InChI=1S/C15H20N2O3S/c1-10-5-6-11(8-13(10)14(18)19)17-15(20)16-9-12-4-2-3-7-21-12/h5-6,8,12H,2-4,7,9H2,1H3,(H,18,19)(H2,16,17,20). The number of rotatable bonds is 4. The van der Waals surface area contributed by atoms with Gasteiger partial charge in [0.25, 0.3) is 0 Å². The Bertz CT molecular complexity index is 528. The van der Waals surface area contributed by atoms with Gasteiger partial charge in [0.15, 0.2) is 0 Å². The van der Waals surface area contributed by atoms with E-state index in [1.54, 1.807) is 19.1 Å². The lowest BCUT2D eigenvalue weighted by molar-refractivity contribution is 0.0696. The molecule has 5 nitrogen and oxygen atoms in total. The maximum absolute atomic E-state index is 11.8. The largest absolute Gasteiger partial charge is 0.478 e. The molecule has 0 bridgehead atoms. The van der Waals surface area contributed by atoms with Crippen LogP contribution in [0.4, 0.5) is 10.5 Å². The van der Waals surface area contributed by atoms with Crippen molar-refractivity contribution in [2.75, 3.05) is 17.6 Å². The van der Waals surface area contributed by atoms with Gasteiger partial charge in [-0.2, -0.15) is 11.8 Å². The smallest absolute Gasteiger partial charge is 0.336 e. The number of carbonyl (C=O) groups excluding carboxylic acids is 1. The van der Waals surface area contributed by atoms with E-state index in [4.69, 9.17) is 5.11 Å². The minimum absolute atomic E-state index is 0.204. The third-order valence-electron chi connectivity index (χ3n) is 3.49. The molecular weight excluding hydrogens is 288 g/mol. The van der Waals surface area contributed by atoms with Gasteiger partial charge in [-0.1, -0.05) is 12.5 Å². The predicted molar refractivity (Wildman–Crippen MR) is 85.3 cm³/mol. The van der Waals surface area contributed by atoms with Gasteiger partial charge in [-0.25, -0.2) is 9.59 Å². The number of aromatic carboxylic acids is 1. The summed E-state index contributed by atoms with van der Waals surface area (Å²) in [6.45, 7) is 2.38. The number of urea groups is 1. The second kappa shape index (κ2) is 7.36. The van der Waals surface area contributed by atoms with Crippen LogP contribution in [0.15, 0.2) is 18.2 Å². The third-order valence-corrected chi connectivity index (χ3v) is 4.89. The van der Waals surface area contributed by atoms with E-state index < -0.39 is 5.97 Å². The van der Waals surface area contributed by atoms with Gasteiger partial charge in [-0.05, 0) is 43.2 Å². The van der Waals surface area contributed by atoms with Gasteiger partial charge in [0.05, 0.1) is 5.56 Å². The van der Waals surface area contributed by atoms with E-state index in [2.05, 4.69) is 10.6 Å². The Hall–Kier alpha value is -1.69. The number of amides is 2. The van der Waals surface area contributed by atoms with Crippen molar-refractivity contribution in [2.24, 2.45) is 0 Å². The molecule has 2 amide bonds. The molecule has 0 saturated carbocycles. The second-order valence-corrected chi connectivity index (χ2v) is 6.57. The van der Waals surface area contributed by atoms with Crippen LogP contribution in [0.3, 0.4) is 0 Å². The van der Waals surface area contributed by atoms with Crippen molar-refractivity contribution < 1.29 is 14.7 Å². The van der Waals surface area contributed by atoms with Crippen LogP contribution in [0.5, 0.6) is 0 Å². The zero-order valence-electron chi connectivity index (χ0n) is 12.0. The van der Waals surface area contributed by atoms with E-state index in [0.717, 1.165) is 12.2 Å². The molecule has 1 fully saturated rings. The molecule has 0 aromatic heterocycles. The summed E-state index contributed by atoms with van der Waals surface area (Å²) < 4.78 is 0. The molecule has 2 rings (SSSR count). The van der Waals surface area contributed by atoms with Crippen molar-refractivity contribution in [1.29, 1.82) is 0 Å². The summed E-state index contributed by atoms with van der Waals surface area (Å²) in [4.78, 5) is 22.9. The van der Waals surface area contributed by atoms with Crippen LogP contribution in [0.25, 0.3) is 0 Å². The predicted octanol–water partition coefficient (Wildman–Crippen LogP) is 3.10. The Kier molecular flexibility index (Phi) is 5.50. The molecule has 114 valence electrons. The average molecular weight is 308 g/mol. The van der Waals surface area contributed by atoms with Gasteiger partial charge >= 0.3 is 12.0 Å².